The molecule has 1 saturated heterocycles. The molecule has 4 nitrogen and oxygen atoms in total. The van der Waals surface area contributed by atoms with Crippen molar-refractivity contribution < 1.29 is 4.52 Å². The van der Waals surface area contributed by atoms with Gasteiger partial charge in [0.2, 0.25) is 0 Å². The van der Waals surface area contributed by atoms with E-state index in [1.807, 2.05) is 0 Å². The number of rotatable bonds is 3. The molecule has 0 radical (unpaired) electrons. The lowest BCUT2D eigenvalue weighted by Gasteiger charge is -2.25. The number of aromatic nitrogens is 1. The third kappa shape index (κ3) is 2.44. The van der Waals surface area contributed by atoms with Crippen LogP contribution in [0.1, 0.15) is 48.4 Å². The lowest BCUT2D eigenvalue weighted by molar-refractivity contribution is 0.401. The van der Waals surface area contributed by atoms with Crippen molar-refractivity contribution in [3.05, 3.63) is 47.3 Å². The molecule has 0 amide bonds. The average Bonchev–Trinajstić information content (AvgIpc) is 3.19. The molecule has 1 aliphatic carbocycles. The highest BCUT2D eigenvalue weighted by Crippen LogP contribution is 2.39. The molecule has 2 aliphatic rings. The molecule has 1 fully saturated rings. The van der Waals surface area contributed by atoms with Crippen LogP contribution < -0.4 is 5.43 Å². The first kappa shape index (κ1) is 12.9. The second-order valence-electron chi connectivity index (χ2n) is 6.06. The standard InChI is InChI=1S/C17H21N3O/c1-2-8-14-13(6-1)7-5-9-15(14)17-16(12-21-19-17)18-20-10-3-4-11-20/h1-2,6,8,12,15,18H,3-5,7,9-11H2. The first-order valence-corrected chi connectivity index (χ1v) is 7.95. The molecule has 4 heteroatoms. The van der Waals surface area contributed by atoms with Gasteiger partial charge in [0.25, 0.3) is 0 Å². The Bertz CT molecular complexity index is 616. The number of aryl methyl sites for hydroxylation is 1. The maximum absolute atomic E-state index is 5.29. The minimum Gasteiger partial charge on any atom is -0.362 e. The van der Waals surface area contributed by atoms with E-state index in [9.17, 15) is 0 Å². The number of fused-ring (bicyclic) bond motifs is 1. The third-order valence-electron chi connectivity index (χ3n) is 4.68. The molecule has 2 aromatic rings. The summed E-state index contributed by atoms with van der Waals surface area (Å²) in [6.45, 7) is 2.21. The summed E-state index contributed by atoms with van der Waals surface area (Å²) in [5.74, 6) is 0.360. The van der Waals surface area contributed by atoms with Crippen molar-refractivity contribution in [2.75, 3.05) is 18.5 Å². The molecule has 1 unspecified atom stereocenters. The van der Waals surface area contributed by atoms with Gasteiger partial charge in [-0.15, -0.1) is 0 Å². The predicted molar refractivity (Wildman–Crippen MR) is 82.2 cm³/mol. The average molecular weight is 283 g/mol. The molecule has 21 heavy (non-hydrogen) atoms. The minimum absolute atomic E-state index is 0.360. The van der Waals surface area contributed by atoms with Gasteiger partial charge < -0.3 is 9.95 Å². The number of hydrogen-bond acceptors (Lipinski definition) is 4. The van der Waals surface area contributed by atoms with Gasteiger partial charge in [0.1, 0.15) is 17.6 Å². The van der Waals surface area contributed by atoms with E-state index in [0.29, 0.717) is 5.92 Å². The normalized spacial score (nSPS) is 22.2. The Hall–Kier alpha value is -1.81. The fourth-order valence-electron chi connectivity index (χ4n) is 3.62. The molecule has 0 spiro atoms. The second kappa shape index (κ2) is 5.53. The predicted octanol–water partition coefficient (Wildman–Crippen LogP) is 3.57. The summed E-state index contributed by atoms with van der Waals surface area (Å²) in [5, 5.41) is 6.59. The Morgan fingerprint density at radius 2 is 2.00 bits per heavy atom. The topological polar surface area (TPSA) is 41.3 Å². The van der Waals surface area contributed by atoms with Crippen LogP contribution >= 0.6 is 0 Å². The van der Waals surface area contributed by atoms with E-state index in [-0.39, 0.29) is 0 Å². The van der Waals surface area contributed by atoms with E-state index >= 15 is 0 Å². The summed E-state index contributed by atoms with van der Waals surface area (Å²) < 4.78 is 5.29. The van der Waals surface area contributed by atoms with Crippen molar-refractivity contribution >= 4 is 5.69 Å². The Kier molecular flexibility index (Phi) is 3.39. The maximum Gasteiger partial charge on any atom is 0.148 e. The van der Waals surface area contributed by atoms with Crippen LogP contribution in [0, 0.1) is 0 Å². The monoisotopic (exact) mass is 283 g/mol. The maximum atomic E-state index is 5.29. The molecule has 0 bridgehead atoms. The summed E-state index contributed by atoms with van der Waals surface area (Å²) in [5.41, 5.74) is 8.48. The van der Waals surface area contributed by atoms with Crippen molar-refractivity contribution in [2.45, 2.75) is 38.0 Å². The van der Waals surface area contributed by atoms with Gasteiger partial charge in [-0.1, -0.05) is 29.4 Å². The van der Waals surface area contributed by atoms with E-state index in [2.05, 4.69) is 39.9 Å². The van der Waals surface area contributed by atoms with Gasteiger partial charge in [-0.2, -0.15) is 0 Å². The van der Waals surface area contributed by atoms with E-state index in [0.717, 1.165) is 30.9 Å². The second-order valence-corrected chi connectivity index (χ2v) is 6.06. The van der Waals surface area contributed by atoms with Gasteiger partial charge in [-0.3, -0.25) is 0 Å². The summed E-state index contributed by atoms with van der Waals surface area (Å²) in [6.07, 6.45) is 7.83. The van der Waals surface area contributed by atoms with Crippen LogP contribution in [0.4, 0.5) is 5.69 Å². The van der Waals surface area contributed by atoms with Crippen LogP contribution in [0.3, 0.4) is 0 Å². The Balaban J connectivity index is 1.64. The van der Waals surface area contributed by atoms with Crippen LogP contribution in [-0.2, 0) is 6.42 Å². The summed E-state index contributed by atoms with van der Waals surface area (Å²) in [7, 11) is 0. The molecule has 1 aliphatic heterocycles. The van der Waals surface area contributed by atoms with E-state index in [1.165, 1.54) is 36.8 Å². The summed E-state index contributed by atoms with van der Waals surface area (Å²) >= 11 is 0. The van der Waals surface area contributed by atoms with Crippen molar-refractivity contribution in [1.29, 1.82) is 0 Å². The molecular weight excluding hydrogens is 262 g/mol. The van der Waals surface area contributed by atoms with Gasteiger partial charge in [0, 0.05) is 19.0 Å². The van der Waals surface area contributed by atoms with Crippen LogP contribution in [-0.4, -0.2) is 23.3 Å². The quantitative estimate of drug-likeness (QED) is 0.935. The summed E-state index contributed by atoms with van der Waals surface area (Å²) in [6, 6.07) is 8.75. The largest absolute Gasteiger partial charge is 0.362 e. The van der Waals surface area contributed by atoms with Crippen LogP contribution in [0.15, 0.2) is 35.1 Å². The van der Waals surface area contributed by atoms with Crippen LogP contribution in [0.5, 0.6) is 0 Å². The Morgan fingerprint density at radius 3 is 2.90 bits per heavy atom. The zero-order chi connectivity index (χ0) is 14.1. The molecule has 110 valence electrons. The number of anilines is 1. The molecule has 4 rings (SSSR count). The highest BCUT2D eigenvalue weighted by atomic mass is 16.5. The molecular formula is C17H21N3O. The van der Waals surface area contributed by atoms with Crippen LogP contribution in [0.2, 0.25) is 0 Å². The number of benzene rings is 1. The van der Waals surface area contributed by atoms with Gasteiger partial charge >= 0.3 is 0 Å². The lowest BCUT2D eigenvalue weighted by Crippen LogP contribution is -2.27. The number of nitrogens with zero attached hydrogens (tertiary/aromatic N) is 2. The highest BCUT2D eigenvalue weighted by molar-refractivity contribution is 5.51. The van der Waals surface area contributed by atoms with E-state index in [4.69, 9.17) is 4.52 Å². The van der Waals surface area contributed by atoms with Crippen molar-refractivity contribution in [3.63, 3.8) is 0 Å². The van der Waals surface area contributed by atoms with Gasteiger partial charge in [-0.05, 0) is 43.2 Å². The zero-order valence-electron chi connectivity index (χ0n) is 12.2. The lowest BCUT2D eigenvalue weighted by atomic mass is 9.81. The molecule has 1 aromatic heterocycles. The number of hydrogen-bond donors (Lipinski definition) is 1. The SMILES string of the molecule is c1ccc2c(c1)CCCC2c1nocc1NN1CCCC1. The van der Waals surface area contributed by atoms with Gasteiger partial charge in [-0.25, -0.2) is 5.01 Å². The van der Waals surface area contributed by atoms with Crippen molar-refractivity contribution in [3.8, 4) is 0 Å². The fraction of sp³-hybridized carbons (Fsp3) is 0.471. The van der Waals surface area contributed by atoms with E-state index < -0.39 is 0 Å². The first-order valence-electron chi connectivity index (χ1n) is 7.95. The fourth-order valence-corrected chi connectivity index (χ4v) is 3.62. The highest BCUT2D eigenvalue weighted by Gasteiger charge is 2.27. The molecule has 1 aromatic carbocycles. The molecule has 1 N–H and O–H groups in total. The third-order valence-corrected chi connectivity index (χ3v) is 4.68. The zero-order valence-corrected chi connectivity index (χ0v) is 12.2. The first-order chi connectivity index (χ1) is 10.4. The summed E-state index contributed by atoms with van der Waals surface area (Å²) in [4.78, 5) is 0. The molecule has 2 heterocycles. The molecule has 0 saturated carbocycles. The van der Waals surface area contributed by atoms with Crippen molar-refractivity contribution in [1.82, 2.24) is 10.2 Å². The van der Waals surface area contributed by atoms with Gasteiger partial charge in [0.15, 0.2) is 0 Å². The van der Waals surface area contributed by atoms with E-state index in [1.54, 1.807) is 6.26 Å². The molecule has 1 atom stereocenters. The minimum atomic E-state index is 0.360. The number of hydrazine groups is 1. The smallest absolute Gasteiger partial charge is 0.148 e. The van der Waals surface area contributed by atoms with Crippen molar-refractivity contribution in [2.24, 2.45) is 0 Å². The number of nitrogens with one attached hydrogen (secondary N) is 1. The van der Waals surface area contributed by atoms with Gasteiger partial charge in [0.05, 0.1) is 0 Å². The van der Waals surface area contributed by atoms with Crippen LogP contribution in [0.25, 0.3) is 0 Å². The Morgan fingerprint density at radius 1 is 1.14 bits per heavy atom. The Labute approximate surface area is 125 Å².